The minimum atomic E-state index is -0.819. The van der Waals surface area contributed by atoms with Crippen LogP contribution in [0.5, 0.6) is 5.75 Å². The second-order valence-electron chi connectivity index (χ2n) is 8.70. The van der Waals surface area contributed by atoms with Gasteiger partial charge in [-0.25, -0.2) is 0 Å². The molecule has 4 rings (SSSR count). The van der Waals surface area contributed by atoms with Crippen molar-refractivity contribution in [1.29, 1.82) is 0 Å². The van der Waals surface area contributed by atoms with E-state index in [-0.39, 0.29) is 5.91 Å². The van der Waals surface area contributed by atoms with Crippen LogP contribution in [0.3, 0.4) is 0 Å². The molecule has 32 heavy (non-hydrogen) atoms. The monoisotopic (exact) mass is 428 g/mol. The van der Waals surface area contributed by atoms with E-state index in [9.17, 15) is 4.79 Å². The minimum absolute atomic E-state index is 0.296. The molecule has 2 N–H and O–H groups in total. The highest BCUT2D eigenvalue weighted by molar-refractivity contribution is 5.90. The highest BCUT2D eigenvalue weighted by Crippen LogP contribution is 2.36. The standard InChI is InChI=1S/C28H32N2O2/c1-30(19-15-22-13-14-23-16-20-32-26(23)21-22)18-8-17-28(27(29)31,24-9-4-2-5-10-24)25-11-6-3-7-12-25/h2-7,9-14,21H,8,15-20H2,1H3,(H2,29,31). The molecule has 1 amide bonds. The van der Waals surface area contributed by atoms with Crippen molar-refractivity contribution in [1.82, 2.24) is 4.90 Å². The van der Waals surface area contributed by atoms with Gasteiger partial charge >= 0.3 is 0 Å². The summed E-state index contributed by atoms with van der Waals surface area (Å²) >= 11 is 0. The molecule has 4 nitrogen and oxygen atoms in total. The lowest BCUT2D eigenvalue weighted by molar-refractivity contribution is -0.122. The van der Waals surface area contributed by atoms with Gasteiger partial charge in [0.15, 0.2) is 0 Å². The fraction of sp³-hybridized carbons (Fsp3) is 0.321. The van der Waals surface area contributed by atoms with Crippen LogP contribution in [0.1, 0.15) is 35.1 Å². The van der Waals surface area contributed by atoms with E-state index in [4.69, 9.17) is 10.5 Å². The Kier molecular flexibility index (Phi) is 6.91. The lowest BCUT2D eigenvalue weighted by Gasteiger charge is -2.32. The number of fused-ring (bicyclic) bond motifs is 1. The number of amides is 1. The molecule has 0 unspecified atom stereocenters. The zero-order valence-corrected chi connectivity index (χ0v) is 18.8. The van der Waals surface area contributed by atoms with Gasteiger partial charge in [0.05, 0.1) is 12.0 Å². The molecular weight excluding hydrogens is 396 g/mol. The van der Waals surface area contributed by atoms with E-state index in [0.29, 0.717) is 6.42 Å². The molecule has 3 aromatic carbocycles. The van der Waals surface area contributed by atoms with Crippen molar-refractivity contribution in [2.24, 2.45) is 5.73 Å². The number of nitrogens with two attached hydrogens (primary N) is 1. The number of carbonyl (C=O) groups excluding carboxylic acids is 1. The summed E-state index contributed by atoms with van der Waals surface area (Å²) in [7, 11) is 2.14. The summed E-state index contributed by atoms with van der Waals surface area (Å²) in [6.07, 6.45) is 3.54. The summed E-state index contributed by atoms with van der Waals surface area (Å²) in [6, 6.07) is 26.5. The van der Waals surface area contributed by atoms with Gasteiger partial charge in [-0.05, 0) is 61.2 Å². The Morgan fingerprint density at radius 1 is 0.969 bits per heavy atom. The molecule has 0 fully saturated rings. The van der Waals surface area contributed by atoms with E-state index in [1.807, 2.05) is 60.7 Å². The summed E-state index contributed by atoms with van der Waals surface area (Å²) in [5, 5.41) is 0. The fourth-order valence-corrected chi connectivity index (χ4v) is 4.72. The van der Waals surface area contributed by atoms with Crippen LogP contribution in [0.15, 0.2) is 78.9 Å². The molecule has 1 aliphatic heterocycles. The Balaban J connectivity index is 1.41. The number of likely N-dealkylation sites (N-methyl/N-ethyl adjacent to an activating group) is 1. The first kappa shape index (κ1) is 22.1. The molecule has 0 aromatic heterocycles. The van der Waals surface area contributed by atoms with E-state index in [2.05, 4.69) is 30.1 Å². The zero-order chi connectivity index (χ0) is 22.4. The molecule has 1 aliphatic rings. The first-order valence-electron chi connectivity index (χ1n) is 11.4. The fourth-order valence-electron chi connectivity index (χ4n) is 4.72. The number of primary amides is 1. The van der Waals surface area contributed by atoms with E-state index < -0.39 is 5.41 Å². The molecule has 166 valence electrons. The molecular formula is C28H32N2O2. The predicted molar refractivity (Wildman–Crippen MR) is 129 cm³/mol. The van der Waals surface area contributed by atoms with Crippen molar-refractivity contribution in [3.63, 3.8) is 0 Å². The quantitative estimate of drug-likeness (QED) is 0.522. The van der Waals surface area contributed by atoms with Gasteiger partial charge in [-0.1, -0.05) is 72.8 Å². The Morgan fingerprint density at radius 3 is 2.25 bits per heavy atom. The van der Waals surface area contributed by atoms with Gasteiger partial charge < -0.3 is 15.4 Å². The highest BCUT2D eigenvalue weighted by Gasteiger charge is 2.39. The van der Waals surface area contributed by atoms with Gasteiger partial charge in [-0.15, -0.1) is 0 Å². The first-order chi connectivity index (χ1) is 15.6. The summed E-state index contributed by atoms with van der Waals surface area (Å²) in [5.41, 5.74) is 9.78. The molecule has 0 bridgehead atoms. The van der Waals surface area contributed by atoms with Gasteiger partial charge in [0.2, 0.25) is 5.91 Å². The number of rotatable bonds is 10. The minimum Gasteiger partial charge on any atom is -0.493 e. The molecule has 0 saturated heterocycles. The van der Waals surface area contributed by atoms with Crippen molar-refractivity contribution >= 4 is 5.91 Å². The number of benzene rings is 3. The smallest absolute Gasteiger partial charge is 0.232 e. The van der Waals surface area contributed by atoms with Gasteiger partial charge in [0.25, 0.3) is 0 Å². The van der Waals surface area contributed by atoms with Gasteiger partial charge in [0.1, 0.15) is 5.75 Å². The average Bonchev–Trinajstić information content (AvgIpc) is 3.29. The van der Waals surface area contributed by atoms with E-state index >= 15 is 0 Å². The maximum Gasteiger partial charge on any atom is 0.232 e. The van der Waals surface area contributed by atoms with Crippen molar-refractivity contribution in [2.45, 2.75) is 31.1 Å². The Bertz CT molecular complexity index is 994. The Labute approximate surface area is 191 Å². The second kappa shape index (κ2) is 10.0. The Hall–Kier alpha value is -3.11. The average molecular weight is 429 g/mol. The highest BCUT2D eigenvalue weighted by atomic mass is 16.5. The zero-order valence-electron chi connectivity index (χ0n) is 18.8. The summed E-state index contributed by atoms with van der Waals surface area (Å²) < 4.78 is 5.70. The molecule has 3 aromatic rings. The lowest BCUT2D eigenvalue weighted by atomic mass is 9.70. The summed E-state index contributed by atoms with van der Waals surface area (Å²) in [4.78, 5) is 15.2. The molecule has 0 atom stereocenters. The maximum absolute atomic E-state index is 12.9. The van der Waals surface area contributed by atoms with Gasteiger partial charge in [0, 0.05) is 13.0 Å². The number of carbonyl (C=O) groups is 1. The molecule has 0 aliphatic carbocycles. The van der Waals surface area contributed by atoms with E-state index in [0.717, 1.165) is 55.8 Å². The van der Waals surface area contributed by atoms with Crippen LogP contribution in [0.2, 0.25) is 0 Å². The Morgan fingerprint density at radius 2 is 1.62 bits per heavy atom. The molecule has 0 spiro atoms. The lowest BCUT2D eigenvalue weighted by Crippen LogP contribution is -2.43. The van der Waals surface area contributed by atoms with Crippen molar-refractivity contribution in [2.75, 3.05) is 26.7 Å². The normalized spacial score (nSPS) is 13.1. The third-order valence-electron chi connectivity index (χ3n) is 6.59. The van der Waals surface area contributed by atoms with Crippen LogP contribution in [-0.2, 0) is 23.1 Å². The van der Waals surface area contributed by atoms with Crippen LogP contribution in [-0.4, -0.2) is 37.6 Å². The van der Waals surface area contributed by atoms with Crippen LogP contribution in [0, 0.1) is 0 Å². The van der Waals surface area contributed by atoms with Crippen molar-refractivity contribution < 1.29 is 9.53 Å². The number of nitrogens with zero attached hydrogens (tertiary/aromatic N) is 1. The van der Waals surface area contributed by atoms with Crippen molar-refractivity contribution in [3.05, 3.63) is 101 Å². The number of ether oxygens (including phenoxy) is 1. The molecule has 1 heterocycles. The van der Waals surface area contributed by atoms with E-state index in [1.165, 1.54) is 11.1 Å². The summed E-state index contributed by atoms with van der Waals surface area (Å²) in [5.74, 6) is 0.748. The second-order valence-corrected chi connectivity index (χ2v) is 8.70. The maximum atomic E-state index is 12.9. The number of hydrogen-bond donors (Lipinski definition) is 1. The molecule has 0 saturated carbocycles. The van der Waals surface area contributed by atoms with Crippen LogP contribution in [0.4, 0.5) is 0 Å². The third kappa shape index (κ3) is 4.71. The molecule has 0 radical (unpaired) electrons. The summed E-state index contributed by atoms with van der Waals surface area (Å²) in [6.45, 7) is 2.65. The SMILES string of the molecule is CN(CCCC(C(N)=O)(c1ccccc1)c1ccccc1)CCc1ccc2c(c1)OCC2. The van der Waals surface area contributed by atoms with Gasteiger partial charge in [-0.2, -0.15) is 0 Å². The van der Waals surface area contributed by atoms with Crippen LogP contribution >= 0.6 is 0 Å². The van der Waals surface area contributed by atoms with Gasteiger partial charge in [-0.3, -0.25) is 4.79 Å². The third-order valence-corrected chi connectivity index (χ3v) is 6.59. The largest absolute Gasteiger partial charge is 0.493 e. The van der Waals surface area contributed by atoms with Crippen LogP contribution in [0.25, 0.3) is 0 Å². The first-order valence-corrected chi connectivity index (χ1v) is 11.4. The van der Waals surface area contributed by atoms with Crippen LogP contribution < -0.4 is 10.5 Å². The van der Waals surface area contributed by atoms with E-state index in [1.54, 1.807) is 0 Å². The predicted octanol–water partition coefficient (Wildman–Crippen LogP) is 4.35. The topological polar surface area (TPSA) is 55.6 Å². The molecule has 4 heteroatoms. The number of hydrogen-bond acceptors (Lipinski definition) is 3. The van der Waals surface area contributed by atoms with Crippen molar-refractivity contribution in [3.8, 4) is 5.75 Å².